The zero-order valence-electron chi connectivity index (χ0n) is 22.2. The number of hydrogen-bond donors (Lipinski definition) is 1. The lowest BCUT2D eigenvalue weighted by Gasteiger charge is -2.29. The summed E-state index contributed by atoms with van der Waals surface area (Å²) in [5.41, 5.74) is 2.18. The molecule has 0 amide bonds. The zero-order valence-corrected chi connectivity index (χ0v) is 24.0. The first-order chi connectivity index (χ1) is 17.8. The van der Waals surface area contributed by atoms with Crippen LogP contribution in [0.2, 0.25) is 11.6 Å². The van der Waals surface area contributed by atoms with Gasteiger partial charge in [0.1, 0.15) is 0 Å². The van der Waals surface area contributed by atoms with Crippen molar-refractivity contribution in [3.63, 3.8) is 0 Å². The van der Waals surface area contributed by atoms with Gasteiger partial charge in [0.25, 0.3) is 0 Å². The van der Waals surface area contributed by atoms with E-state index < -0.39 is 0 Å². The number of nitrogens with one attached hydrogen (secondary N) is 1. The molecule has 1 saturated heterocycles. The quantitative estimate of drug-likeness (QED) is 0.205. The highest BCUT2D eigenvalue weighted by Gasteiger charge is 2.35. The van der Waals surface area contributed by atoms with Gasteiger partial charge in [0.05, 0.1) is 11.9 Å². The molecule has 4 aliphatic rings. The second-order valence-corrected chi connectivity index (χ2v) is 13.7. The minimum atomic E-state index is 0.421. The highest BCUT2D eigenvalue weighted by atomic mass is 32.1. The van der Waals surface area contributed by atoms with Gasteiger partial charge < -0.3 is 15.1 Å². The largest absolute Gasteiger partial charge is 0.374 e. The predicted octanol–water partition coefficient (Wildman–Crippen LogP) is 6.48. The Morgan fingerprint density at radius 2 is 1.72 bits per heavy atom. The maximum Gasteiger partial charge on any atom is 0.172 e. The van der Waals surface area contributed by atoms with Gasteiger partial charge in [-0.2, -0.15) is 0 Å². The number of unbranched alkanes of at least 4 members (excludes halogenated alkanes) is 1. The van der Waals surface area contributed by atoms with Gasteiger partial charge >= 0.3 is 0 Å². The van der Waals surface area contributed by atoms with Gasteiger partial charge in [-0.1, -0.05) is 87.7 Å². The van der Waals surface area contributed by atoms with E-state index in [1.54, 1.807) is 0 Å². The van der Waals surface area contributed by atoms with Crippen molar-refractivity contribution >= 4 is 32.7 Å². The van der Waals surface area contributed by atoms with Crippen molar-refractivity contribution in [3.8, 4) is 0 Å². The molecule has 3 fully saturated rings. The molecule has 1 aromatic carbocycles. The van der Waals surface area contributed by atoms with Crippen molar-refractivity contribution < 1.29 is 0 Å². The summed E-state index contributed by atoms with van der Waals surface area (Å²) in [6.45, 7) is 5.50. The lowest BCUT2D eigenvalue weighted by Crippen LogP contribution is -2.38. The van der Waals surface area contributed by atoms with Gasteiger partial charge in [-0.25, -0.2) is 0 Å². The minimum Gasteiger partial charge on any atom is -0.374 e. The molecule has 196 valence electrons. The fourth-order valence-electron chi connectivity index (χ4n) is 6.80. The molecule has 2 radical (unpaired) electrons. The summed E-state index contributed by atoms with van der Waals surface area (Å²) >= 11 is 6.07. The van der Waals surface area contributed by atoms with Crippen molar-refractivity contribution in [3.05, 3.63) is 35.9 Å². The van der Waals surface area contributed by atoms with E-state index in [0.717, 1.165) is 64.7 Å². The number of benzene rings is 1. The van der Waals surface area contributed by atoms with Crippen LogP contribution in [-0.4, -0.2) is 63.0 Å². The Kier molecular flexibility index (Phi) is 9.76. The topological polar surface area (TPSA) is 30.9 Å². The van der Waals surface area contributed by atoms with E-state index in [-0.39, 0.29) is 0 Å². The average Bonchev–Trinajstić information content (AvgIpc) is 3.58. The summed E-state index contributed by atoms with van der Waals surface area (Å²) in [6, 6.07) is 12.8. The molecule has 5 rings (SSSR count). The SMILES string of the molecule is S=C1N(CCCC[Si]C2CN=C(C3CCCC3)NC2)C[C@@H](c2ccccc2)N1CCC1CCCCC1. The van der Waals surface area contributed by atoms with E-state index in [2.05, 4.69) is 45.4 Å². The monoisotopic (exact) mass is 522 g/mol. The van der Waals surface area contributed by atoms with Gasteiger partial charge in [0.15, 0.2) is 5.11 Å². The third-order valence-electron chi connectivity index (χ3n) is 9.01. The molecule has 2 atom stereocenters. The number of amidine groups is 1. The van der Waals surface area contributed by atoms with E-state index in [0.29, 0.717) is 6.04 Å². The second kappa shape index (κ2) is 13.4. The predicted molar refractivity (Wildman–Crippen MR) is 157 cm³/mol. The number of hydrogen-bond acceptors (Lipinski definition) is 3. The molecule has 2 heterocycles. The van der Waals surface area contributed by atoms with E-state index in [4.69, 9.17) is 17.2 Å². The molecule has 36 heavy (non-hydrogen) atoms. The lowest BCUT2D eigenvalue weighted by atomic mass is 9.87. The highest BCUT2D eigenvalue weighted by molar-refractivity contribution is 7.80. The molecule has 6 heteroatoms. The van der Waals surface area contributed by atoms with Crippen LogP contribution in [0.25, 0.3) is 0 Å². The molecular formula is C30H46N4SSi. The van der Waals surface area contributed by atoms with Crippen LogP contribution in [0, 0.1) is 11.8 Å². The van der Waals surface area contributed by atoms with Crippen LogP contribution in [0.15, 0.2) is 35.3 Å². The molecule has 2 aliphatic heterocycles. The fourth-order valence-corrected chi connectivity index (χ4v) is 8.51. The van der Waals surface area contributed by atoms with Crippen molar-refractivity contribution in [2.24, 2.45) is 16.8 Å². The van der Waals surface area contributed by atoms with E-state index in [9.17, 15) is 0 Å². The van der Waals surface area contributed by atoms with E-state index in [1.165, 1.54) is 94.5 Å². The Labute approximate surface area is 227 Å². The van der Waals surface area contributed by atoms with Crippen LogP contribution in [0.3, 0.4) is 0 Å². The van der Waals surface area contributed by atoms with Gasteiger partial charge in [0, 0.05) is 48.2 Å². The standard InChI is InChI=1S/C30H46N4SSi/c35-30-33(18-9-10-20-36-27-21-31-29(32-22-27)26-15-7-8-16-26)23-28(25-13-5-2-6-14-25)34(30)19-17-24-11-3-1-4-12-24/h2,5-6,13-14,24,26-28H,1,3-4,7-12,15-23H2,(H,31,32)/t28-/m0/s1. The van der Waals surface area contributed by atoms with Gasteiger partial charge in [-0.3, -0.25) is 4.99 Å². The van der Waals surface area contributed by atoms with Crippen LogP contribution in [-0.2, 0) is 0 Å². The molecule has 0 spiro atoms. The number of rotatable bonds is 11. The molecule has 1 unspecified atom stereocenters. The minimum absolute atomic E-state index is 0.421. The number of aliphatic imine (C=N–C) groups is 1. The Morgan fingerprint density at radius 1 is 0.944 bits per heavy atom. The second-order valence-electron chi connectivity index (χ2n) is 11.6. The molecule has 1 aromatic rings. The summed E-state index contributed by atoms with van der Waals surface area (Å²) in [6.07, 6.45) is 16.5. The Hall–Kier alpha value is -1.40. The number of nitrogens with zero attached hydrogens (tertiary/aromatic N) is 3. The lowest BCUT2D eigenvalue weighted by molar-refractivity contribution is 0.278. The third-order valence-corrected chi connectivity index (χ3v) is 11.1. The number of thiocarbonyl (C=S) groups is 1. The summed E-state index contributed by atoms with van der Waals surface area (Å²) in [7, 11) is 1.03. The average molecular weight is 523 g/mol. The first kappa shape index (κ1) is 26.2. The molecule has 4 nitrogen and oxygen atoms in total. The summed E-state index contributed by atoms with van der Waals surface area (Å²) in [5.74, 6) is 2.97. The van der Waals surface area contributed by atoms with Crippen LogP contribution in [0.1, 0.15) is 88.7 Å². The Balaban J connectivity index is 1.06. The van der Waals surface area contributed by atoms with Crippen molar-refractivity contribution in [1.82, 2.24) is 15.1 Å². The summed E-state index contributed by atoms with van der Waals surface area (Å²) in [4.78, 5) is 10.0. The van der Waals surface area contributed by atoms with E-state index in [1.807, 2.05) is 0 Å². The van der Waals surface area contributed by atoms with Crippen molar-refractivity contribution in [2.75, 3.05) is 32.7 Å². The normalized spacial score (nSPS) is 25.9. The van der Waals surface area contributed by atoms with Crippen molar-refractivity contribution in [1.29, 1.82) is 0 Å². The zero-order chi connectivity index (χ0) is 24.6. The third kappa shape index (κ3) is 6.92. The smallest absolute Gasteiger partial charge is 0.172 e. The Morgan fingerprint density at radius 3 is 2.47 bits per heavy atom. The van der Waals surface area contributed by atoms with Crippen molar-refractivity contribution in [2.45, 2.75) is 94.7 Å². The molecule has 1 N–H and O–H groups in total. The van der Waals surface area contributed by atoms with Crippen LogP contribution in [0.4, 0.5) is 0 Å². The summed E-state index contributed by atoms with van der Waals surface area (Å²) in [5, 5.41) is 4.79. The first-order valence-corrected chi connectivity index (χ1v) is 16.6. The fraction of sp³-hybridized carbons (Fsp3) is 0.733. The van der Waals surface area contributed by atoms with E-state index >= 15 is 0 Å². The molecule has 2 aliphatic carbocycles. The molecule has 0 aromatic heterocycles. The maximum absolute atomic E-state index is 6.07. The van der Waals surface area contributed by atoms with Gasteiger partial charge in [-0.05, 0) is 54.9 Å². The van der Waals surface area contributed by atoms with Crippen LogP contribution in [0.5, 0.6) is 0 Å². The summed E-state index contributed by atoms with van der Waals surface area (Å²) < 4.78 is 0. The molecular weight excluding hydrogens is 477 g/mol. The molecule has 0 bridgehead atoms. The van der Waals surface area contributed by atoms with Crippen LogP contribution >= 0.6 is 12.2 Å². The first-order valence-electron chi connectivity index (χ1n) is 14.9. The van der Waals surface area contributed by atoms with Gasteiger partial charge in [-0.15, -0.1) is 0 Å². The van der Waals surface area contributed by atoms with Gasteiger partial charge in [0.2, 0.25) is 0 Å². The Bertz CT molecular complexity index is 850. The molecule has 2 saturated carbocycles. The maximum atomic E-state index is 6.07. The van der Waals surface area contributed by atoms with Crippen LogP contribution < -0.4 is 5.32 Å². The highest BCUT2D eigenvalue weighted by Crippen LogP contribution is 2.33.